The van der Waals surface area contributed by atoms with Crippen molar-refractivity contribution in [2.24, 2.45) is 0 Å². The van der Waals surface area contributed by atoms with E-state index in [9.17, 15) is 4.79 Å². The number of hydrogen-bond donors (Lipinski definition) is 1. The van der Waals surface area contributed by atoms with Crippen molar-refractivity contribution in [2.45, 2.75) is 25.8 Å². The van der Waals surface area contributed by atoms with Crippen LogP contribution in [0.3, 0.4) is 0 Å². The van der Waals surface area contributed by atoms with E-state index >= 15 is 0 Å². The topological polar surface area (TPSA) is 46.9 Å². The summed E-state index contributed by atoms with van der Waals surface area (Å²) in [6.07, 6.45) is 8.63. The molecule has 1 atom stereocenters. The van der Waals surface area contributed by atoms with E-state index in [0.717, 1.165) is 18.5 Å². The lowest BCUT2D eigenvalue weighted by Crippen LogP contribution is -2.25. The third kappa shape index (κ3) is 4.00. The fraction of sp³-hybridized carbons (Fsp3) is 0.217. The number of carbonyl (C=O) groups excluding carboxylic acids is 1. The molecule has 27 heavy (non-hydrogen) atoms. The Morgan fingerprint density at radius 2 is 2.04 bits per heavy atom. The van der Waals surface area contributed by atoms with E-state index in [1.54, 1.807) is 12.5 Å². The summed E-state index contributed by atoms with van der Waals surface area (Å²) in [7, 11) is 0. The van der Waals surface area contributed by atoms with Gasteiger partial charge in [-0.1, -0.05) is 42.5 Å². The van der Waals surface area contributed by atoms with Crippen LogP contribution in [0.25, 0.3) is 5.57 Å². The van der Waals surface area contributed by atoms with Gasteiger partial charge in [0.1, 0.15) is 0 Å². The number of allylic oxidation sites excluding steroid dienone is 2. The maximum absolute atomic E-state index is 12.5. The zero-order chi connectivity index (χ0) is 18.6. The molecule has 1 N–H and O–H groups in total. The molecule has 0 aliphatic heterocycles. The smallest absolute Gasteiger partial charge is 0.251 e. The molecule has 4 heteroatoms. The minimum Gasteiger partial charge on any atom is -0.352 e. The van der Waals surface area contributed by atoms with Crippen molar-refractivity contribution in [1.29, 1.82) is 0 Å². The van der Waals surface area contributed by atoms with E-state index in [1.807, 2.05) is 35.0 Å². The maximum Gasteiger partial charge on any atom is 0.251 e. The molecule has 1 amide bonds. The highest BCUT2D eigenvalue weighted by Crippen LogP contribution is 2.47. The number of hydrogen-bond acceptors (Lipinski definition) is 2. The van der Waals surface area contributed by atoms with Crippen molar-refractivity contribution in [2.75, 3.05) is 6.54 Å². The number of nitrogens with zero attached hydrogens (tertiary/aromatic N) is 2. The van der Waals surface area contributed by atoms with Gasteiger partial charge < -0.3 is 9.88 Å². The highest BCUT2D eigenvalue weighted by Gasteiger charge is 2.28. The molecule has 0 saturated heterocycles. The van der Waals surface area contributed by atoms with E-state index in [-0.39, 0.29) is 5.91 Å². The van der Waals surface area contributed by atoms with Gasteiger partial charge in [0, 0.05) is 37.0 Å². The van der Waals surface area contributed by atoms with Crippen molar-refractivity contribution in [3.8, 4) is 0 Å². The summed E-state index contributed by atoms with van der Waals surface area (Å²) < 4.78 is 2.01. The lowest BCUT2D eigenvalue weighted by Gasteiger charge is -2.10. The predicted octanol–water partition coefficient (Wildman–Crippen LogP) is 4.19. The number of rotatable bonds is 7. The number of benzene rings is 2. The van der Waals surface area contributed by atoms with Gasteiger partial charge in [-0.3, -0.25) is 4.79 Å². The summed E-state index contributed by atoms with van der Waals surface area (Å²) in [5, 5.41) is 3.02. The Kier molecular flexibility index (Phi) is 4.88. The quantitative estimate of drug-likeness (QED) is 0.645. The van der Waals surface area contributed by atoms with E-state index in [4.69, 9.17) is 0 Å². The van der Waals surface area contributed by atoms with E-state index in [1.165, 1.54) is 22.3 Å². The Labute approximate surface area is 159 Å². The van der Waals surface area contributed by atoms with E-state index in [0.29, 0.717) is 12.5 Å². The molecule has 3 aromatic rings. The third-order valence-electron chi connectivity index (χ3n) is 4.98. The van der Waals surface area contributed by atoms with Crippen LogP contribution >= 0.6 is 0 Å². The molecular formula is C23H23N3O. The molecule has 136 valence electrons. The first kappa shape index (κ1) is 17.3. The first-order chi connectivity index (χ1) is 13.2. The van der Waals surface area contributed by atoms with Crippen LogP contribution in [0.4, 0.5) is 0 Å². The lowest BCUT2D eigenvalue weighted by atomic mass is 9.98. The number of amides is 1. The Morgan fingerprint density at radius 1 is 1.19 bits per heavy atom. The van der Waals surface area contributed by atoms with Crippen LogP contribution in [-0.2, 0) is 6.54 Å². The zero-order valence-corrected chi connectivity index (χ0v) is 15.4. The van der Waals surface area contributed by atoms with Gasteiger partial charge in [-0.2, -0.15) is 0 Å². The fourth-order valence-corrected chi connectivity index (χ4v) is 3.38. The number of nitrogens with one attached hydrogen (secondary N) is 1. The van der Waals surface area contributed by atoms with Gasteiger partial charge in [0.2, 0.25) is 0 Å². The largest absolute Gasteiger partial charge is 0.352 e. The molecule has 2 aromatic carbocycles. The van der Waals surface area contributed by atoms with Crippen LogP contribution < -0.4 is 5.32 Å². The molecule has 1 aromatic heterocycles. The summed E-state index contributed by atoms with van der Waals surface area (Å²) in [6, 6.07) is 16.4. The Balaban J connectivity index is 1.37. The van der Waals surface area contributed by atoms with Crippen LogP contribution in [0.5, 0.6) is 0 Å². The highest BCUT2D eigenvalue weighted by molar-refractivity contribution is 5.97. The van der Waals surface area contributed by atoms with Crippen molar-refractivity contribution >= 4 is 11.5 Å². The molecule has 1 aliphatic carbocycles. The Morgan fingerprint density at radius 3 is 2.81 bits per heavy atom. The van der Waals surface area contributed by atoms with Crippen LogP contribution in [-0.4, -0.2) is 22.0 Å². The van der Waals surface area contributed by atoms with Crippen molar-refractivity contribution in [3.05, 3.63) is 95.6 Å². The SMILES string of the molecule is Cc1ccc(C(=O)NCCCn2ccnc2)cc1C1=CC1c1ccccc1. The van der Waals surface area contributed by atoms with Crippen LogP contribution in [0.1, 0.15) is 39.4 Å². The minimum atomic E-state index is -0.0145. The van der Waals surface area contributed by atoms with Crippen LogP contribution in [0.2, 0.25) is 0 Å². The molecular weight excluding hydrogens is 334 g/mol. The number of aryl methyl sites for hydroxylation is 2. The van der Waals surface area contributed by atoms with E-state index in [2.05, 4.69) is 47.6 Å². The average molecular weight is 357 g/mol. The summed E-state index contributed by atoms with van der Waals surface area (Å²) in [4.78, 5) is 16.5. The van der Waals surface area contributed by atoms with Crippen LogP contribution in [0.15, 0.2) is 73.3 Å². The maximum atomic E-state index is 12.5. The zero-order valence-electron chi connectivity index (χ0n) is 15.4. The average Bonchev–Trinajstić information content (AvgIpc) is 3.32. The Hall–Kier alpha value is -3.14. The fourth-order valence-electron chi connectivity index (χ4n) is 3.38. The second-order valence-electron chi connectivity index (χ2n) is 6.95. The highest BCUT2D eigenvalue weighted by atomic mass is 16.1. The molecule has 0 bridgehead atoms. The summed E-state index contributed by atoms with van der Waals surface area (Å²) in [6.45, 7) is 3.60. The first-order valence-corrected chi connectivity index (χ1v) is 9.34. The summed E-state index contributed by atoms with van der Waals surface area (Å²) in [5.41, 5.74) is 5.72. The van der Waals surface area contributed by atoms with Gasteiger partial charge in [-0.25, -0.2) is 4.98 Å². The molecule has 0 radical (unpaired) electrons. The first-order valence-electron chi connectivity index (χ1n) is 9.34. The van der Waals surface area contributed by atoms with Gasteiger partial charge in [-0.15, -0.1) is 0 Å². The number of imidazole rings is 1. The number of carbonyl (C=O) groups is 1. The van der Waals surface area contributed by atoms with Crippen LogP contribution in [0, 0.1) is 6.92 Å². The molecule has 4 nitrogen and oxygen atoms in total. The second kappa shape index (κ2) is 7.62. The molecule has 1 heterocycles. The Bertz CT molecular complexity index is 959. The van der Waals surface area contributed by atoms with Gasteiger partial charge in [0.05, 0.1) is 6.33 Å². The number of aromatic nitrogens is 2. The normalized spacial score (nSPS) is 15.3. The molecule has 1 aliphatic rings. The van der Waals surface area contributed by atoms with E-state index < -0.39 is 0 Å². The monoisotopic (exact) mass is 357 g/mol. The van der Waals surface area contributed by atoms with Crippen molar-refractivity contribution in [3.63, 3.8) is 0 Å². The molecule has 0 spiro atoms. The molecule has 0 saturated carbocycles. The van der Waals surface area contributed by atoms with Crippen molar-refractivity contribution in [1.82, 2.24) is 14.9 Å². The van der Waals surface area contributed by atoms with Crippen molar-refractivity contribution < 1.29 is 4.79 Å². The van der Waals surface area contributed by atoms with Gasteiger partial charge in [-0.05, 0) is 47.7 Å². The van der Waals surface area contributed by atoms with Gasteiger partial charge in [0.15, 0.2) is 0 Å². The third-order valence-corrected chi connectivity index (χ3v) is 4.98. The molecule has 0 fully saturated rings. The minimum absolute atomic E-state index is 0.0145. The molecule has 1 unspecified atom stereocenters. The summed E-state index contributed by atoms with van der Waals surface area (Å²) in [5.74, 6) is 0.359. The van der Waals surface area contributed by atoms with Gasteiger partial charge in [0.25, 0.3) is 5.91 Å². The second-order valence-corrected chi connectivity index (χ2v) is 6.95. The van der Waals surface area contributed by atoms with Gasteiger partial charge >= 0.3 is 0 Å². The lowest BCUT2D eigenvalue weighted by molar-refractivity contribution is 0.0952. The predicted molar refractivity (Wildman–Crippen MR) is 108 cm³/mol. The molecule has 4 rings (SSSR count). The standard InChI is InChI=1S/C23H23N3O/c1-17-8-9-19(23(27)25-10-5-12-26-13-11-24-16-26)14-20(17)22-15-21(22)18-6-3-2-4-7-18/h2-4,6-9,11,13-16,21H,5,10,12H2,1H3,(H,25,27). The summed E-state index contributed by atoms with van der Waals surface area (Å²) >= 11 is 0.